The summed E-state index contributed by atoms with van der Waals surface area (Å²) in [5, 5.41) is 1.16. The van der Waals surface area contributed by atoms with Gasteiger partial charge in [0, 0.05) is 11.6 Å². The molecule has 3 aromatic rings. The molecule has 0 aliphatic heterocycles. The maximum absolute atomic E-state index is 4.11. The molecule has 2 nitrogen and oxygen atoms in total. The Morgan fingerprint density at radius 1 is 1.06 bits per heavy atom. The van der Waals surface area contributed by atoms with Crippen molar-refractivity contribution in [2.75, 3.05) is 0 Å². The van der Waals surface area contributed by atoms with Crippen LogP contribution in [0.5, 0.6) is 0 Å². The Labute approximate surface area is 101 Å². The minimum atomic E-state index is 1.05. The Balaban J connectivity index is 2.29. The lowest BCUT2D eigenvalue weighted by Gasteiger charge is -1.97. The van der Waals surface area contributed by atoms with Crippen LogP contribution < -0.4 is 0 Å². The lowest BCUT2D eigenvalue weighted by Crippen LogP contribution is -1.76. The molecule has 0 saturated heterocycles. The highest BCUT2D eigenvalue weighted by molar-refractivity contribution is 9.10. The van der Waals surface area contributed by atoms with Crippen LogP contribution in [-0.2, 0) is 0 Å². The zero-order chi connectivity index (χ0) is 11.0. The number of H-pyrrole nitrogens is 1. The van der Waals surface area contributed by atoms with Gasteiger partial charge in [-0.05, 0) is 27.6 Å². The molecule has 0 radical (unpaired) electrons. The molecule has 78 valence electrons. The van der Waals surface area contributed by atoms with Gasteiger partial charge in [-0.1, -0.05) is 30.3 Å². The number of aromatic nitrogens is 2. The van der Waals surface area contributed by atoms with Crippen molar-refractivity contribution >= 4 is 26.8 Å². The number of fused-ring (bicyclic) bond motifs is 1. The third-order valence-electron chi connectivity index (χ3n) is 2.60. The van der Waals surface area contributed by atoms with E-state index < -0.39 is 0 Å². The normalized spacial score (nSPS) is 10.8. The summed E-state index contributed by atoms with van der Waals surface area (Å²) in [5.41, 5.74) is 3.32. The minimum Gasteiger partial charge on any atom is -0.352 e. The van der Waals surface area contributed by atoms with Gasteiger partial charge in [-0.2, -0.15) is 0 Å². The lowest BCUT2D eigenvalue weighted by atomic mass is 10.1. The van der Waals surface area contributed by atoms with Crippen molar-refractivity contribution in [1.29, 1.82) is 0 Å². The van der Waals surface area contributed by atoms with Crippen molar-refractivity contribution in [3.8, 4) is 11.3 Å². The molecule has 3 rings (SSSR count). The molecule has 16 heavy (non-hydrogen) atoms. The summed E-state index contributed by atoms with van der Waals surface area (Å²) in [6.07, 6.45) is 3.64. The number of pyridine rings is 1. The van der Waals surface area contributed by atoms with Gasteiger partial charge >= 0.3 is 0 Å². The molecular weight excluding hydrogens is 264 g/mol. The molecule has 1 N–H and O–H groups in total. The second-order valence-electron chi connectivity index (χ2n) is 3.60. The number of nitrogens with one attached hydrogen (secondary N) is 1. The minimum absolute atomic E-state index is 1.05. The van der Waals surface area contributed by atoms with E-state index in [-0.39, 0.29) is 0 Å². The third kappa shape index (κ3) is 1.44. The second-order valence-corrected chi connectivity index (χ2v) is 4.39. The number of aromatic amines is 1. The highest BCUT2D eigenvalue weighted by Crippen LogP contribution is 2.33. The molecule has 3 heteroatoms. The zero-order valence-corrected chi connectivity index (χ0v) is 10.0. The van der Waals surface area contributed by atoms with Crippen molar-refractivity contribution in [2.24, 2.45) is 0 Å². The number of hydrogen-bond donors (Lipinski definition) is 1. The van der Waals surface area contributed by atoms with Crippen LogP contribution in [0.15, 0.2) is 53.3 Å². The average Bonchev–Trinajstić information content (AvgIpc) is 2.69. The van der Waals surface area contributed by atoms with Crippen molar-refractivity contribution in [3.63, 3.8) is 0 Å². The van der Waals surface area contributed by atoms with Crippen molar-refractivity contribution in [1.82, 2.24) is 9.97 Å². The summed E-state index contributed by atoms with van der Waals surface area (Å²) >= 11 is 3.63. The molecule has 0 atom stereocenters. The van der Waals surface area contributed by atoms with Crippen LogP contribution in [-0.4, -0.2) is 9.97 Å². The average molecular weight is 273 g/mol. The van der Waals surface area contributed by atoms with Crippen molar-refractivity contribution < 1.29 is 0 Å². The predicted molar refractivity (Wildman–Crippen MR) is 69.2 cm³/mol. The molecule has 2 aromatic heterocycles. The maximum atomic E-state index is 4.11. The van der Waals surface area contributed by atoms with E-state index in [9.17, 15) is 0 Å². The van der Waals surface area contributed by atoms with Crippen LogP contribution in [0.3, 0.4) is 0 Å². The number of halogens is 1. The van der Waals surface area contributed by atoms with Gasteiger partial charge < -0.3 is 4.98 Å². The van der Waals surface area contributed by atoms with Crippen molar-refractivity contribution in [2.45, 2.75) is 0 Å². The summed E-state index contributed by atoms with van der Waals surface area (Å²) < 4.78 is 1.09. The van der Waals surface area contributed by atoms with E-state index in [0.29, 0.717) is 0 Å². The number of nitrogens with zero attached hydrogens (tertiary/aromatic N) is 1. The van der Waals surface area contributed by atoms with E-state index in [1.165, 1.54) is 5.56 Å². The van der Waals surface area contributed by atoms with Gasteiger partial charge in [-0.3, -0.25) is 4.98 Å². The van der Waals surface area contributed by atoms with Crippen LogP contribution in [0.1, 0.15) is 0 Å². The SMILES string of the molecule is Brc1c(-c2ccccc2)[nH]c2cnccc12. The highest BCUT2D eigenvalue weighted by Gasteiger charge is 2.09. The van der Waals surface area contributed by atoms with Gasteiger partial charge in [0.05, 0.1) is 21.9 Å². The lowest BCUT2D eigenvalue weighted by molar-refractivity contribution is 1.34. The van der Waals surface area contributed by atoms with E-state index in [1.807, 2.05) is 30.5 Å². The monoisotopic (exact) mass is 272 g/mol. The highest BCUT2D eigenvalue weighted by atomic mass is 79.9. The maximum Gasteiger partial charge on any atom is 0.0656 e. The van der Waals surface area contributed by atoms with Crippen LogP contribution in [0.2, 0.25) is 0 Å². The summed E-state index contributed by atoms with van der Waals surface area (Å²) in [6, 6.07) is 12.3. The largest absolute Gasteiger partial charge is 0.352 e. The van der Waals surface area contributed by atoms with E-state index in [1.54, 1.807) is 6.20 Å². The molecule has 0 aliphatic rings. The van der Waals surface area contributed by atoms with E-state index in [0.717, 1.165) is 21.1 Å². The Kier molecular flexibility index (Phi) is 2.26. The van der Waals surface area contributed by atoms with Crippen molar-refractivity contribution in [3.05, 3.63) is 53.3 Å². The van der Waals surface area contributed by atoms with Gasteiger partial charge in [0.15, 0.2) is 0 Å². The first-order valence-electron chi connectivity index (χ1n) is 5.03. The summed E-state index contributed by atoms with van der Waals surface area (Å²) in [5.74, 6) is 0. The molecule has 0 amide bonds. The molecule has 0 saturated carbocycles. The molecule has 0 spiro atoms. The van der Waals surface area contributed by atoms with Gasteiger partial charge in [0.2, 0.25) is 0 Å². The summed E-state index contributed by atoms with van der Waals surface area (Å²) in [7, 11) is 0. The summed E-state index contributed by atoms with van der Waals surface area (Å²) in [4.78, 5) is 7.48. The standard InChI is InChI=1S/C13H9BrN2/c14-12-10-6-7-15-8-11(10)16-13(12)9-4-2-1-3-5-9/h1-8,16H. The van der Waals surface area contributed by atoms with Crippen LogP contribution in [0.4, 0.5) is 0 Å². The van der Waals surface area contributed by atoms with Gasteiger partial charge in [-0.15, -0.1) is 0 Å². The van der Waals surface area contributed by atoms with E-state index in [4.69, 9.17) is 0 Å². The fraction of sp³-hybridized carbons (Fsp3) is 0. The first kappa shape index (κ1) is 9.60. The molecule has 2 heterocycles. The summed E-state index contributed by atoms with van der Waals surface area (Å²) in [6.45, 7) is 0. The van der Waals surface area contributed by atoms with Crippen LogP contribution >= 0.6 is 15.9 Å². The first-order chi connectivity index (χ1) is 7.86. The Hall–Kier alpha value is -1.61. The Morgan fingerprint density at radius 2 is 1.88 bits per heavy atom. The van der Waals surface area contributed by atoms with Crippen LogP contribution in [0, 0.1) is 0 Å². The van der Waals surface area contributed by atoms with Gasteiger partial charge in [0.1, 0.15) is 0 Å². The Morgan fingerprint density at radius 3 is 2.62 bits per heavy atom. The van der Waals surface area contributed by atoms with Crippen LogP contribution in [0.25, 0.3) is 22.2 Å². The molecular formula is C13H9BrN2. The smallest absolute Gasteiger partial charge is 0.0656 e. The molecule has 0 unspecified atom stereocenters. The zero-order valence-electron chi connectivity index (χ0n) is 8.44. The van der Waals surface area contributed by atoms with E-state index >= 15 is 0 Å². The molecule has 0 fully saturated rings. The number of rotatable bonds is 1. The Bertz CT molecular complexity index is 629. The quantitative estimate of drug-likeness (QED) is 0.713. The van der Waals surface area contributed by atoms with E-state index in [2.05, 4.69) is 38.0 Å². The third-order valence-corrected chi connectivity index (χ3v) is 3.42. The predicted octanol–water partition coefficient (Wildman–Crippen LogP) is 3.99. The molecule has 0 bridgehead atoms. The van der Waals surface area contributed by atoms with Gasteiger partial charge in [-0.25, -0.2) is 0 Å². The number of benzene rings is 1. The number of hydrogen-bond acceptors (Lipinski definition) is 1. The molecule has 1 aromatic carbocycles. The first-order valence-corrected chi connectivity index (χ1v) is 5.82. The topological polar surface area (TPSA) is 28.7 Å². The second kappa shape index (κ2) is 3.76. The fourth-order valence-electron chi connectivity index (χ4n) is 1.81. The van der Waals surface area contributed by atoms with Gasteiger partial charge in [0.25, 0.3) is 0 Å². The fourth-order valence-corrected chi connectivity index (χ4v) is 2.49. The molecule has 0 aliphatic carbocycles.